The summed E-state index contributed by atoms with van der Waals surface area (Å²) < 4.78 is 6.17. The number of halogens is 2. The van der Waals surface area contributed by atoms with Gasteiger partial charge >= 0.3 is 11.9 Å². The number of hydrogen-bond acceptors (Lipinski definition) is 3. The molecule has 3 aromatic carbocycles. The number of unbranched alkanes of at least 4 members (excludes halogenated alkanes) is 9. The molecule has 0 bridgehead atoms. The number of ether oxygens (including phenoxy) is 1. The van der Waals surface area contributed by atoms with Crippen LogP contribution in [0.2, 0.25) is 10.0 Å². The van der Waals surface area contributed by atoms with E-state index in [1.807, 2.05) is 42.5 Å². The maximum absolute atomic E-state index is 12.6. The quantitative estimate of drug-likeness (QED) is 0.127. The Balaban J connectivity index is 1.58. The highest BCUT2D eigenvalue weighted by Gasteiger charge is 2.22. The van der Waals surface area contributed by atoms with Crippen molar-refractivity contribution in [1.82, 2.24) is 4.90 Å². The molecule has 5 nitrogen and oxygen atoms in total. The van der Waals surface area contributed by atoms with Crippen LogP contribution in [-0.2, 0) is 22.6 Å². The highest BCUT2D eigenvalue weighted by atomic mass is 35.5. The van der Waals surface area contributed by atoms with E-state index in [9.17, 15) is 14.7 Å². The number of nitrogens with zero attached hydrogens (tertiary/aromatic N) is 1. The first-order valence-electron chi connectivity index (χ1n) is 14.5. The van der Waals surface area contributed by atoms with Gasteiger partial charge in [0.25, 0.3) is 0 Å². The van der Waals surface area contributed by atoms with E-state index < -0.39 is 11.9 Å². The first-order valence-corrected chi connectivity index (χ1v) is 15.3. The van der Waals surface area contributed by atoms with Crippen molar-refractivity contribution in [2.75, 3.05) is 13.2 Å². The van der Waals surface area contributed by atoms with Crippen LogP contribution in [0.15, 0.2) is 54.6 Å². The van der Waals surface area contributed by atoms with Crippen molar-refractivity contribution in [2.45, 2.75) is 84.1 Å². The largest absolute Gasteiger partial charge is 0.493 e. The second-order valence-electron chi connectivity index (χ2n) is 10.3. The molecular weight excluding hydrogens is 545 g/mol. The Labute approximate surface area is 248 Å². The smallest absolute Gasteiger partial charge is 0.394 e. The minimum Gasteiger partial charge on any atom is -0.493 e. The van der Waals surface area contributed by atoms with Gasteiger partial charge in [-0.25, -0.2) is 4.79 Å². The minimum atomic E-state index is -1.48. The zero-order valence-corrected chi connectivity index (χ0v) is 25.0. The summed E-state index contributed by atoms with van der Waals surface area (Å²) in [5.74, 6) is -1.61. The van der Waals surface area contributed by atoms with E-state index in [1.54, 1.807) is 12.1 Å². The first-order chi connectivity index (χ1) is 19.4. The van der Waals surface area contributed by atoms with Gasteiger partial charge in [-0.15, -0.1) is 0 Å². The highest BCUT2D eigenvalue weighted by molar-refractivity contribution is 6.42. The summed E-state index contributed by atoms with van der Waals surface area (Å²) >= 11 is 12.1. The number of hydrogen-bond donors (Lipinski definition) is 1. The summed E-state index contributed by atoms with van der Waals surface area (Å²) in [6.45, 7) is 3.31. The molecule has 216 valence electrons. The number of rotatable bonds is 17. The van der Waals surface area contributed by atoms with Crippen molar-refractivity contribution in [1.29, 1.82) is 0 Å². The number of aliphatic carboxylic acids is 1. The monoisotopic (exact) mass is 585 g/mol. The van der Waals surface area contributed by atoms with Crippen molar-refractivity contribution in [3.8, 4) is 5.75 Å². The fourth-order valence-electron chi connectivity index (χ4n) is 4.92. The Bertz CT molecular complexity index is 1250. The summed E-state index contributed by atoms with van der Waals surface area (Å²) in [7, 11) is 0. The number of carbonyl (C=O) groups is 2. The molecule has 1 amide bonds. The van der Waals surface area contributed by atoms with Crippen molar-refractivity contribution >= 4 is 45.9 Å². The predicted octanol–water partition coefficient (Wildman–Crippen LogP) is 9.10. The lowest BCUT2D eigenvalue weighted by atomic mass is 10.0. The summed E-state index contributed by atoms with van der Waals surface area (Å²) in [6, 6.07) is 17.0. The molecule has 0 heterocycles. The summed E-state index contributed by atoms with van der Waals surface area (Å²) in [5, 5.41) is 12.2. The van der Waals surface area contributed by atoms with Crippen LogP contribution in [0.4, 0.5) is 0 Å². The van der Waals surface area contributed by atoms with Crippen LogP contribution in [0.25, 0.3) is 10.8 Å². The lowest BCUT2D eigenvalue weighted by molar-refractivity contribution is -0.156. The summed E-state index contributed by atoms with van der Waals surface area (Å²) in [5.41, 5.74) is 1.74. The molecule has 0 saturated heterocycles. The van der Waals surface area contributed by atoms with E-state index in [4.69, 9.17) is 27.9 Å². The molecule has 0 aromatic heterocycles. The highest BCUT2D eigenvalue weighted by Crippen LogP contribution is 2.30. The van der Waals surface area contributed by atoms with Gasteiger partial charge in [0.1, 0.15) is 5.75 Å². The van der Waals surface area contributed by atoms with Crippen LogP contribution in [-0.4, -0.2) is 35.0 Å². The van der Waals surface area contributed by atoms with Crippen LogP contribution in [0.3, 0.4) is 0 Å². The minimum absolute atomic E-state index is 0.172. The Hall–Kier alpha value is -2.76. The van der Waals surface area contributed by atoms with Crippen LogP contribution in [0.5, 0.6) is 5.75 Å². The third kappa shape index (κ3) is 10.0. The predicted molar refractivity (Wildman–Crippen MR) is 165 cm³/mol. The lowest BCUT2D eigenvalue weighted by Crippen LogP contribution is -2.37. The van der Waals surface area contributed by atoms with E-state index in [1.165, 1.54) is 56.3 Å². The molecule has 0 aliphatic rings. The van der Waals surface area contributed by atoms with Crippen LogP contribution in [0.1, 0.15) is 82.3 Å². The second kappa shape index (κ2) is 17.1. The average Bonchev–Trinajstić information content (AvgIpc) is 2.96. The number of carbonyl (C=O) groups excluding carboxylic acids is 1. The summed E-state index contributed by atoms with van der Waals surface area (Å²) in [6.07, 6.45) is 13.2. The molecule has 0 radical (unpaired) electrons. The normalized spacial score (nSPS) is 11.1. The number of carboxylic acid groups (broad SMARTS) is 1. The third-order valence-electron chi connectivity index (χ3n) is 7.22. The molecule has 3 rings (SSSR count). The van der Waals surface area contributed by atoms with E-state index in [0.717, 1.165) is 40.5 Å². The number of fused-ring (bicyclic) bond motifs is 1. The third-order valence-corrected chi connectivity index (χ3v) is 7.95. The molecule has 0 fully saturated rings. The van der Waals surface area contributed by atoms with E-state index in [2.05, 4.69) is 6.92 Å². The fraction of sp³-hybridized carbons (Fsp3) is 0.455. The Morgan fingerprint density at radius 1 is 0.800 bits per heavy atom. The van der Waals surface area contributed by atoms with Crippen molar-refractivity contribution in [2.24, 2.45) is 0 Å². The zero-order valence-electron chi connectivity index (χ0n) is 23.5. The molecule has 0 saturated carbocycles. The Morgan fingerprint density at radius 2 is 1.45 bits per heavy atom. The molecule has 40 heavy (non-hydrogen) atoms. The van der Waals surface area contributed by atoms with Crippen LogP contribution >= 0.6 is 23.2 Å². The summed E-state index contributed by atoms with van der Waals surface area (Å²) in [4.78, 5) is 25.5. The van der Waals surface area contributed by atoms with E-state index in [0.29, 0.717) is 23.1 Å². The van der Waals surface area contributed by atoms with Crippen LogP contribution in [0, 0.1) is 0 Å². The average molecular weight is 587 g/mol. The molecular formula is C33H41Cl2NO4. The zero-order chi connectivity index (χ0) is 28.7. The van der Waals surface area contributed by atoms with Crippen molar-refractivity contribution < 1.29 is 19.4 Å². The number of benzene rings is 3. The van der Waals surface area contributed by atoms with E-state index >= 15 is 0 Å². The maximum Gasteiger partial charge on any atom is 0.394 e. The van der Waals surface area contributed by atoms with Crippen LogP contribution < -0.4 is 4.74 Å². The fourth-order valence-corrected chi connectivity index (χ4v) is 5.24. The number of carboxylic acids is 1. The molecule has 0 aliphatic heterocycles. The van der Waals surface area contributed by atoms with Crippen molar-refractivity contribution in [3.63, 3.8) is 0 Å². The van der Waals surface area contributed by atoms with Gasteiger partial charge in [0, 0.05) is 18.5 Å². The standard InChI is InChI=1S/C33H41Cl2NO4/c1-2-3-4-5-6-7-8-9-10-13-22-40-31-19-17-26(27-14-11-12-15-28(27)31)24-36(32(37)33(38)39)21-20-25-16-18-29(34)30(35)23-25/h11-12,14-19,23H,2-10,13,20-22,24H2,1H3,(H,38,39). The van der Waals surface area contributed by atoms with Gasteiger partial charge < -0.3 is 14.7 Å². The molecule has 1 N–H and O–H groups in total. The Kier molecular flexibility index (Phi) is 13.6. The second-order valence-corrected chi connectivity index (χ2v) is 11.1. The molecule has 0 aliphatic carbocycles. The van der Waals surface area contributed by atoms with Crippen molar-refractivity contribution in [3.05, 3.63) is 75.8 Å². The molecule has 0 unspecified atom stereocenters. The first kappa shape index (κ1) is 31.8. The number of amides is 1. The van der Waals surface area contributed by atoms with Gasteiger partial charge in [-0.2, -0.15) is 0 Å². The topological polar surface area (TPSA) is 66.8 Å². The van der Waals surface area contributed by atoms with E-state index in [-0.39, 0.29) is 13.1 Å². The molecule has 3 aromatic rings. The lowest BCUT2D eigenvalue weighted by Gasteiger charge is -2.22. The Morgan fingerprint density at radius 3 is 2.10 bits per heavy atom. The van der Waals surface area contributed by atoms with Gasteiger partial charge in [0.2, 0.25) is 0 Å². The molecule has 7 heteroatoms. The van der Waals surface area contributed by atoms with Gasteiger partial charge in [0.15, 0.2) is 0 Å². The van der Waals surface area contributed by atoms with Gasteiger partial charge in [-0.05, 0) is 47.6 Å². The van der Waals surface area contributed by atoms with Gasteiger partial charge in [-0.3, -0.25) is 4.79 Å². The van der Waals surface area contributed by atoms with Gasteiger partial charge in [0.05, 0.1) is 16.7 Å². The van der Waals surface area contributed by atoms with Gasteiger partial charge in [-0.1, -0.05) is 124 Å². The SMILES string of the molecule is CCCCCCCCCCCCOc1ccc(CN(CCc2ccc(Cl)c(Cl)c2)C(=O)C(=O)O)c2ccccc12. The molecule has 0 spiro atoms. The maximum atomic E-state index is 12.6. The molecule has 0 atom stereocenters.